The number of pyridine rings is 1. The Balaban J connectivity index is 1.84. The second kappa shape index (κ2) is 6.45. The molecule has 6 heteroatoms. The lowest BCUT2D eigenvalue weighted by atomic mass is 9.81. The van der Waals surface area contributed by atoms with Crippen LogP contribution in [0.15, 0.2) is 24.3 Å². The quantitative estimate of drug-likeness (QED) is 0.698. The molecule has 0 unspecified atom stereocenters. The molecule has 1 aliphatic heterocycles. The number of carbonyl (C=O) groups excluding carboxylic acids is 1. The van der Waals surface area contributed by atoms with Gasteiger partial charge in [0.2, 0.25) is 0 Å². The predicted molar refractivity (Wildman–Crippen MR) is 119 cm³/mol. The van der Waals surface area contributed by atoms with Crippen molar-refractivity contribution in [3.05, 3.63) is 41.0 Å². The number of carbonyl (C=O) groups is 1. The summed E-state index contributed by atoms with van der Waals surface area (Å²) in [4.78, 5) is 20.0. The number of piperidine rings is 1. The number of hydrogen-bond donors (Lipinski definition) is 2. The van der Waals surface area contributed by atoms with Crippen molar-refractivity contribution in [1.82, 2.24) is 9.38 Å². The number of aliphatic hydroxyl groups is 1. The summed E-state index contributed by atoms with van der Waals surface area (Å²) in [6.07, 6.45) is 3.79. The second-order valence-corrected chi connectivity index (χ2v) is 10.0. The van der Waals surface area contributed by atoms with Gasteiger partial charge in [-0.05, 0) is 59.8 Å². The maximum atomic E-state index is 12.7. The van der Waals surface area contributed by atoms with Gasteiger partial charge in [-0.2, -0.15) is 0 Å². The van der Waals surface area contributed by atoms with Crippen molar-refractivity contribution in [2.24, 2.45) is 11.1 Å². The van der Waals surface area contributed by atoms with Crippen LogP contribution in [0.4, 0.5) is 5.82 Å². The predicted octanol–water partition coefficient (Wildman–Crippen LogP) is 3.41. The highest BCUT2D eigenvalue weighted by molar-refractivity contribution is 6.04. The molecule has 30 heavy (non-hydrogen) atoms. The van der Waals surface area contributed by atoms with Gasteiger partial charge in [-0.1, -0.05) is 32.9 Å². The summed E-state index contributed by atoms with van der Waals surface area (Å²) in [7, 11) is 0. The first kappa shape index (κ1) is 19.4. The van der Waals surface area contributed by atoms with E-state index in [1.807, 2.05) is 18.2 Å². The van der Waals surface area contributed by atoms with Crippen molar-refractivity contribution >= 4 is 28.4 Å². The summed E-state index contributed by atoms with van der Waals surface area (Å²) in [5.74, 6) is 0.754. The Kier molecular flexibility index (Phi) is 4.16. The van der Waals surface area contributed by atoms with E-state index in [1.165, 1.54) is 5.56 Å². The third kappa shape index (κ3) is 2.66. The molecule has 158 valence electrons. The molecule has 2 aromatic heterocycles. The number of amides is 1. The van der Waals surface area contributed by atoms with Crippen LogP contribution >= 0.6 is 0 Å². The van der Waals surface area contributed by atoms with E-state index in [1.54, 1.807) is 0 Å². The average Bonchev–Trinajstić information content (AvgIpc) is 3.25. The molecule has 1 aliphatic carbocycles. The summed E-state index contributed by atoms with van der Waals surface area (Å²) < 4.78 is 2.16. The number of benzene rings is 1. The third-order valence-electron chi connectivity index (χ3n) is 7.39. The molecule has 1 aromatic carbocycles. The summed E-state index contributed by atoms with van der Waals surface area (Å²) >= 11 is 0. The molecule has 3 aromatic rings. The molecular weight excluding hydrogens is 376 g/mol. The molecular formula is C24H30N4O2. The van der Waals surface area contributed by atoms with Crippen molar-refractivity contribution in [2.75, 3.05) is 24.6 Å². The average molecular weight is 407 g/mol. The molecule has 0 bridgehead atoms. The number of fused-ring (bicyclic) bond motifs is 4. The van der Waals surface area contributed by atoms with Gasteiger partial charge in [0.05, 0.1) is 16.6 Å². The largest absolute Gasteiger partial charge is 0.396 e. The van der Waals surface area contributed by atoms with Gasteiger partial charge >= 0.3 is 0 Å². The van der Waals surface area contributed by atoms with Gasteiger partial charge in [0.1, 0.15) is 5.82 Å². The number of hydrogen-bond acceptors (Lipinski definition) is 4. The Morgan fingerprint density at radius 3 is 2.53 bits per heavy atom. The van der Waals surface area contributed by atoms with Gasteiger partial charge in [-0.25, -0.2) is 4.98 Å². The van der Waals surface area contributed by atoms with Crippen LogP contribution in [-0.2, 0) is 11.8 Å². The maximum absolute atomic E-state index is 12.7. The highest BCUT2D eigenvalue weighted by atomic mass is 16.3. The molecule has 0 saturated carbocycles. The lowest BCUT2D eigenvalue weighted by Crippen LogP contribution is -2.41. The molecule has 1 amide bonds. The molecule has 3 N–H and O–H groups in total. The standard InChI is InChI=1S/C24H30N4O2/c1-23(2)9-8-15-19(23)18(20(25)30)21-26-16-6-4-5-7-17(16)28(21)22(15)27-12-10-24(3,14-29)11-13-27/h4-7,29H,8-14H2,1-3H3,(H2,25,30). The molecule has 1 saturated heterocycles. The van der Waals surface area contributed by atoms with E-state index in [4.69, 9.17) is 10.7 Å². The molecule has 0 atom stereocenters. The van der Waals surface area contributed by atoms with Crippen molar-refractivity contribution < 1.29 is 9.90 Å². The van der Waals surface area contributed by atoms with Gasteiger partial charge in [-0.15, -0.1) is 0 Å². The minimum Gasteiger partial charge on any atom is -0.396 e. The summed E-state index contributed by atoms with van der Waals surface area (Å²) in [6, 6.07) is 8.05. The molecule has 0 spiro atoms. The number of nitrogens with two attached hydrogens (primary N) is 1. The Bertz CT molecular complexity index is 1170. The van der Waals surface area contributed by atoms with Crippen molar-refractivity contribution in [3.63, 3.8) is 0 Å². The van der Waals surface area contributed by atoms with Crippen LogP contribution < -0.4 is 10.6 Å². The van der Waals surface area contributed by atoms with Crippen LogP contribution in [0.2, 0.25) is 0 Å². The Morgan fingerprint density at radius 1 is 1.17 bits per heavy atom. The van der Waals surface area contributed by atoms with Crippen LogP contribution in [0.5, 0.6) is 0 Å². The van der Waals surface area contributed by atoms with E-state index in [2.05, 4.69) is 36.1 Å². The highest BCUT2D eigenvalue weighted by Crippen LogP contribution is 2.47. The second-order valence-electron chi connectivity index (χ2n) is 10.0. The van der Waals surface area contributed by atoms with Crippen molar-refractivity contribution in [2.45, 2.75) is 51.9 Å². The smallest absolute Gasteiger partial charge is 0.252 e. The SMILES string of the molecule is CC1(CO)CCN(c2c3c(c(C(N)=O)c4nc5ccccc5n24)C(C)(C)CC3)CC1. The van der Waals surface area contributed by atoms with Crippen LogP contribution in [0.3, 0.4) is 0 Å². The molecule has 3 heterocycles. The van der Waals surface area contributed by atoms with E-state index in [0.29, 0.717) is 11.2 Å². The third-order valence-corrected chi connectivity index (χ3v) is 7.39. The zero-order chi connectivity index (χ0) is 21.3. The van der Waals surface area contributed by atoms with Gasteiger partial charge in [0.25, 0.3) is 5.91 Å². The van der Waals surface area contributed by atoms with Gasteiger partial charge < -0.3 is 15.7 Å². The normalized spacial score (nSPS) is 20.1. The zero-order valence-corrected chi connectivity index (χ0v) is 18.0. The topological polar surface area (TPSA) is 83.9 Å². The Morgan fingerprint density at radius 2 is 1.87 bits per heavy atom. The minimum absolute atomic E-state index is 0.0256. The lowest BCUT2D eigenvalue weighted by molar-refractivity contribution is 0.0999. The van der Waals surface area contributed by atoms with Crippen LogP contribution in [-0.4, -0.2) is 40.1 Å². The van der Waals surface area contributed by atoms with Crippen LogP contribution in [0, 0.1) is 5.41 Å². The molecule has 5 rings (SSSR count). The van der Waals surface area contributed by atoms with Crippen LogP contribution in [0.1, 0.15) is 61.5 Å². The van der Waals surface area contributed by atoms with E-state index >= 15 is 0 Å². The molecule has 6 nitrogen and oxygen atoms in total. The fourth-order valence-corrected chi connectivity index (χ4v) is 5.45. The Hall–Kier alpha value is -2.60. The first-order valence-corrected chi connectivity index (χ1v) is 10.9. The summed E-state index contributed by atoms with van der Waals surface area (Å²) in [6.45, 7) is 8.54. The number of aliphatic hydroxyl groups excluding tert-OH is 1. The summed E-state index contributed by atoms with van der Waals surface area (Å²) in [5, 5.41) is 9.82. The maximum Gasteiger partial charge on any atom is 0.252 e. The van der Waals surface area contributed by atoms with Gasteiger partial charge in [0, 0.05) is 19.7 Å². The number of nitrogens with zero attached hydrogens (tertiary/aromatic N) is 3. The van der Waals surface area contributed by atoms with E-state index in [9.17, 15) is 9.90 Å². The van der Waals surface area contributed by atoms with Gasteiger partial charge in [0.15, 0.2) is 5.65 Å². The minimum atomic E-state index is -0.403. The van der Waals surface area contributed by atoms with Crippen molar-refractivity contribution in [1.29, 1.82) is 0 Å². The number of para-hydroxylation sites is 2. The number of anilines is 1. The van der Waals surface area contributed by atoms with Crippen molar-refractivity contribution in [3.8, 4) is 0 Å². The number of rotatable bonds is 3. The van der Waals surface area contributed by atoms with Crippen LogP contribution in [0.25, 0.3) is 16.7 Å². The first-order chi connectivity index (χ1) is 14.3. The monoisotopic (exact) mass is 406 g/mol. The summed E-state index contributed by atoms with van der Waals surface area (Å²) in [5.41, 5.74) is 11.2. The number of imidazole rings is 1. The fourth-order valence-electron chi connectivity index (χ4n) is 5.45. The van der Waals surface area contributed by atoms with E-state index < -0.39 is 5.91 Å². The molecule has 0 radical (unpaired) electrons. The Labute approximate surface area is 176 Å². The number of aromatic nitrogens is 2. The first-order valence-electron chi connectivity index (χ1n) is 10.9. The van der Waals surface area contributed by atoms with Gasteiger partial charge in [-0.3, -0.25) is 9.20 Å². The highest BCUT2D eigenvalue weighted by Gasteiger charge is 2.40. The molecule has 2 aliphatic rings. The number of primary amides is 1. The zero-order valence-electron chi connectivity index (χ0n) is 18.0. The van der Waals surface area contributed by atoms with E-state index in [0.717, 1.165) is 61.2 Å². The lowest BCUT2D eigenvalue weighted by Gasteiger charge is -2.40. The van der Waals surface area contributed by atoms with E-state index in [-0.39, 0.29) is 17.4 Å². The molecule has 1 fully saturated rings. The fraction of sp³-hybridized carbons (Fsp3) is 0.500.